The van der Waals surface area contributed by atoms with Crippen LogP contribution in [0.1, 0.15) is 0 Å². The molecule has 0 amide bonds. The van der Waals surface area contributed by atoms with Crippen LogP contribution in [0.4, 0.5) is 0 Å². The number of nitrogens with two attached hydrogens (primary N) is 1. The summed E-state index contributed by atoms with van der Waals surface area (Å²) in [5.41, 5.74) is 0. The highest BCUT2D eigenvalue weighted by Gasteiger charge is 2.24. The molecule has 12 heavy (non-hydrogen) atoms. The number of quaternary nitrogens is 1. The summed E-state index contributed by atoms with van der Waals surface area (Å²) in [7, 11) is 0. The second-order valence-electron chi connectivity index (χ2n) is 2.33. The van der Waals surface area contributed by atoms with E-state index in [0.717, 1.165) is 0 Å². The number of hydrogen-bond donors (Lipinski definition) is 1. The van der Waals surface area contributed by atoms with Gasteiger partial charge < -0.3 is 0 Å². The first-order valence-corrected chi connectivity index (χ1v) is 6.61. The Morgan fingerprint density at radius 2 is 1.50 bits per heavy atom. The largest absolute Gasteiger partial charge is 0.215 e. The average Bonchev–Trinajstić information content (AvgIpc) is 2.64. The fourth-order valence-electron chi connectivity index (χ4n) is 1.08. The predicted octanol–water partition coefficient (Wildman–Crippen LogP) is 1.91. The Labute approximate surface area is 87.6 Å². The third-order valence-electron chi connectivity index (χ3n) is 1.63. The number of fused-ring (bicyclic) bond motifs is 2. The van der Waals surface area contributed by atoms with E-state index in [9.17, 15) is 0 Å². The van der Waals surface area contributed by atoms with E-state index in [1.165, 1.54) is 19.6 Å². The van der Waals surface area contributed by atoms with Gasteiger partial charge in [0.05, 0.1) is 9.79 Å². The summed E-state index contributed by atoms with van der Waals surface area (Å²) in [6.45, 7) is 0. The minimum Gasteiger partial charge on any atom is -0.215 e. The summed E-state index contributed by atoms with van der Waals surface area (Å²) < 4.78 is 6.37. The van der Waals surface area contributed by atoms with Crippen molar-refractivity contribution in [1.82, 2.24) is 4.13 Å². The molecular formula is C6H4N2S4+. The lowest BCUT2D eigenvalue weighted by Gasteiger charge is -1.95. The quantitative estimate of drug-likeness (QED) is 0.692. The number of rotatable bonds is 0. The van der Waals surface area contributed by atoms with Crippen molar-refractivity contribution in [3.05, 3.63) is 12.1 Å². The van der Waals surface area contributed by atoms with Gasteiger partial charge in [-0.2, -0.15) is 0 Å². The van der Waals surface area contributed by atoms with Crippen LogP contribution in [0.15, 0.2) is 31.7 Å². The van der Waals surface area contributed by atoms with Crippen molar-refractivity contribution in [2.24, 2.45) is 0 Å². The van der Waals surface area contributed by atoms with E-state index in [1.807, 2.05) is 23.9 Å². The van der Waals surface area contributed by atoms with Crippen LogP contribution in [0.3, 0.4) is 0 Å². The van der Waals surface area contributed by atoms with Gasteiger partial charge in [-0.25, -0.2) is 4.13 Å². The van der Waals surface area contributed by atoms with Crippen LogP contribution in [0.5, 0.6) is 0 Å². The van der Waals surface area contributed by atoms with Crippen molar-refractivity contribution < 1.29 is 4.13 Å². The van der Waals surface area contributed by atoms with Crippen LogP contribution in [-0.2, 0) is 0 Å². The molecule has 2 nitrogen and oxygen atoms in total. The van der Waals surface area contributed by atoms with Crippen LogP contribution < -0.4 is 8.25 Å². The lowest BCUT2D eigenvalue weighted by atomic mass is 10.3. The maximum atomic E-state index is 4.20. The Balaban J connectivity index is 2.18. The number of hydrogen-bond acceptors (Lipinski definition) is 4. The van der Waals surface area contributed by atoms with Gasteiger partial charge >= 0.3 is 0 Å². The average molecular weight is 232 g/mol. The Hall–Kier alpha value is 0.540. The standard InChI is InChI=1S/C6H3N2S4/c1-3-5(11-7-9-3)2-6-4(1)10-8-12-6/h1-2,7H/p+1. The van der Waals surface area contributed by atoms with E-state index < -0.39 is 0 Å². The smallest absolute Gasteiger partial charge is 0.123 e. The highest BCUT2D eigenvalue weighted by molar-refractivity contribution is 8.15. The van der Waals surface area contributed by atoms with Gasteiger partial charge in [-0.3, -0.25) is 0 Å². The normalized spacial score (nSPS) is 19.3. The summed E-state index contributed by atoms with van der Waals surface area (Å²) in [6, 6.07) is 4.47. The molecule has 6 heteroatoms. The van der Waals surface area contributed by atoms with Crippen molar-refractivity contribution >= 4 is 47.8 Å². The lowest BCUT2D eigenvalue weighted by Crippen LogP contribution is -2.62. The molecule has 0 saturated carbocycles. The summed E-state index contributed by atoms with van der Waals surface area (Å²) in [6.07, 6.45) is 0. The van der Waals surface area contributed by atoms with E-state index in [0.29, 0.717) is 0 Å². The van der Waals surface area contributed by atoms with E-state index in [1.54, 1.807) is 23.9 Å². The predicted molar refractivity (Wildman–Crippen MR) is 53.9 cm³/mol. The fourth-order valence-corrected chi connectivity index (χ4v) is 4.91. The summed E-state index contributed by atoms with van der Waals surface area (Å²) >= 11 is 6.79. The molecule has 0 atom stereocenters. The lowest BCUT2D eigenvalue weighted by molar-refractivity contribution is -0.264. The van der Waals surface area contributed by atoms with Crippen molar-refractivity contribution in [1.29, 1.82) is 0 Å². The topological polar surface area (TPSA) is 30.7 Å². The van der Waals surface area contributed by atoms with Crippen molar-refractivity contribution in [2.45, 2.75) is 19.6 Å². The molecule has 1 radical (unpaired) electrons. The Bertz CT molecular complexity index is 280. The molecule has 0 saturated heterocycles. The maximum Gasteiger partial charge on any atom is 0.123 e. The SMILES string of the molecule is c1c2c(cc3c1S[NH2+]S3)S[N]S2. The zero-order chi connectivity index (χ0) is 7.97. The number of nitrogens with zero attached hydrogens (tertiary/aromatic N) is 1. The highest BCUT2D eigenvalue weighted by atomic mass is 32.2. The summed E-state index contributed by atoms with van der Waals surface area (Å²) in [4.78, 5) is 5.37. The monoisotopic (exact) mass is 232 g/mol. The molecule has 3 rings (SSSR count). The van der Waals surface area contributed by atoms with E-state index in [2.05, 4.69) is 20.4 Å². The summed E-state index contributed by atoms with van der Waals surface area (Å²) in [5.74, 6) is 0. The zero-order valence-corrected chi connectivity index (χ0v) is 9.08. The third kappa shape index (κ3) is 1.18. The van der Waals surface area contributed by atoms with E-state index in [-0.39, 0.29) is 0 Å². The molecule has 61 valence electrons. The van der Waals surface area contributed by atoms with Crippen LogP contribution in [0, 0.1) is 0 Å². The third-order valence-corrected chi connectivity index (χ3v) is 5.51. The molecule has 0 aromatic heterocycles. The van der Waals surface area contributed by atoms with Gasteiger partial charge in [-0.15, -0.1) is 0 Å². The first kappa shape index (κ1) is 7.90. The second kappa shape index (κ2) is 3.04. The van der Waals surface area contributed by atoms with E-state index in [4.69, 9.17) is 0 Å². The maximum absolute atomic E-state index is 4.20. The molecule has 0 aliphatic carbocycles. The molecule has 0 spiro atoms. The highest BCUT2D eigenvalue weighted by Crippen LogP contribution is 2.44. The van der Waals surface area contributed by atoms with Crippen molar-refractivity contribution in [2.75, 3.05) is 0 Å². The second-order valence-corrected chi connectivity index (χ2v) is 6.30. The molecule has 0 unspecified atom stereocenters. The Morgan fingerprint density at radius 3 is 2.08 bits per heavy atom. The molecule has 2 aliphatic rings. The van der Waals surface area contributed by atoms with Crippen LogP contribution >= 0.6 is 47.8 Å². The summed E-state index contributed by atoms with van der Waals surface area (Å²) in [5, 5.41) is 0. The van der Waals surface area contributed by atoms with Gasteiger partial charge in [0.25, 0.3) is 0 Å². The molecule has 1 aromatic rings. The zero-order valence-electron chi connectivity index (χ0n) is 5.81. The van der Waals surface area contributed by atoms with Crippen LogP contribution in [0.2, 0.25) is 0 Å². The van der Waals surface area contributed by atoms with Crippen LogP contribution in [-0.4, -0.2) is 0 Å². The first-order valence-electron chi connectivity index (χ1n) is 3.31. The molecule has 2 heterocycles. The minimum atomic E-state index is 1.31. The molecule has 0 fully saturated rings. The fraction of sp³-hybridized carbons (Fsp3) is 0. The first-order chi connectivity index (χ1) is 5.93. The molecule has 2 aliphatic heterocycles. The van der Waals surface area contributed by atoms with Gasteiger partial charge in [0.1, 0.15) is 23.9 Å². The van der Waals surface area contributed by atoms with Crippen molar-refractivity contribution in [3.63, 3.8) is 0 Å². The minimum absolute atomic E-state index is 1.31. The molecule has 1 aromatic carbocycles. The van der Waals surface area contributed by atoms with Gasteiger partial charge in [0.15, 0.2) is 0 Å². The molecular weight excluding hydrogens is 228 g/mol. The van der Waals surface area contributed by atoms with Gasteiger partial charge in [0, 0.05) is 9.79 Å². The van der Waals surface area contributed by atoms with E-state index >= 15 is 0 Å². The molecule has 0 bridgehead atoms. The Kier molecular flexibility index (Phi) is 2.00. The van der Waals surface area contributed by atoms with Gasteiger partial charge in [-0.1, -0.05) is 4.13 Å². The van der Waals surface area contributed by atoms with Gasteiger partial charge in [-0.05, 0) is 36.0 Å². The van der Waals surface area contributed by atoms with Crippen LogP contribution in [0.25, 0.3) is 0 Å². The Morgan fingerprint density at radius 1 is 0.917 bits per heavy atom. The number of benzene rings is 1. The molecule has 2 N–H and O–H groups in total. The van der Waals surface area contributed by atoms with Crippen molar-refractivity contribution in [3.8, 4) is 0 Å². The van der Waals surface area contributed by atoms with Gasteiger partial charge in [0.2, 0.25) is 0 Å².